The van der Waals surface area contributed by atoms with E-state index in [0.717, 1.165) is 13.1 Å². The average molecular weight is 188 g/mol. The lowest BCUT2D eigenvalue weighted by Crippen LogP contribution is -2.45. The molecule has 0 unspecified atom stereocenters. The number of nitrogens with zero attached hydrogens (tertiary/aromatic N) is 2. The van der Waals surface area contributed by atoms with Crippen molar-refractivity contribution < 1.29 is 19.5 Å². The van der Waals surface area contributed by atoms with Gasteiger partial charge in [0.15, 0.2) is 0 Å². The molecule has 0 radical (unpaired) electrons. The predicted molar refractivity (Wildman–Crippen MR) is 42.8 cm³/mol. The summed E-state index contributed by atoms with van der Waals surface area (Å²) in [6, 6.07) is 0. The normalized spacial score (nSPS) is 19.8. The van der Waals surface area contributed by atoms with Gasteiger partial charge in [0.2, 0.25) is 0 Å². The van der Waals surface area contributed by atoms with Crippen LogP contribution in [0.4, 0.5) is 0 Å². The maximum absolute atomic E-state index is 10.6. The molecule has 1 N–H and O–H groups in total. The maximum atomic E-state index is 10.6. The fraction of sp³-hybridized carbons (Fsp3) is 0.714. The molecular formula is C7H12N2O4. The molecule has 6 heteroatoms. The lowest BCUT2D eigenvalue weighted by molar-refractivity contribution is -0.203. The van der Waals surface area contributed by atoms with Crippen molar-refractivity contribution in [3.8, 4) is 0 Å². The Labute approximate surface area is 75.6 Å². The second kappa shape index (κ2) is 4.20. The number of piperazine rings is 1. The lowest BCUT2D eigenvalue weighted by Gasteiger charge is -2.30. The Bertz CT molecular complexity index is 211. The summed E-state index contributed by atoms with van der Waals surface area (Å²) < 4.78 is 0. The third-order valence-electron chi connectivity index (χ3n) is 1.85. The van der Waals surface area contributed by atoms with Crippen LogP contribution in [0, 0.1) is 0 Å². The second-order valence-corrected chi connectivity index (χ2v) is 2.92. The number of hydrogen-bond acceptors (Lipinski definition) is 5. The van der Waals surface area contributed by atoms with Crippen molar-refractivity contribution in [1.29, 1.82) is 0 Å². The zero-order valence-corrected chi connectivity index (χ0v) is 7.39. The van der Waals surface area contributed by atoms with Crippen molar-refractivity contribution in [3.05, 3.63) is 0 Å². The Kier molecular flexibility index (Phi) is 3.21. The predicted octanol–water partition coefficient (Wildman–Crippen LogP) is -1.22. The zero-order chi connectivity index (χ0) is 9.84. The summed E-state index contributed by atoms with van der Waals surface area (Å²) in [4.78, 5) is 27.4. The molecule has 0 saturated carbocycles. The molecule has 0 aliphatic carbocycles. The van der Waals surface area contributed by atoms with Crippen LogP contribution in [0.1, 0.15) is 0 Å². The highest BCUT2D eigenvalue weighted by atomic mass is 16.7. The first-order chi connectivity index (χ1) is 6.09. The molecular weight excluding hydrogens is 176 g/mol. The topological polar surface area (TPSA) is 70.1 Å². The summed E-state index contributed by atoms with van der Waals surface area (Å²) in [6.45, 7) is 2.64. The smallest absolute Gasteiger partial charge is 0.436 e. The molecule has 0 aromatic heterocycles. The molecule has 13 heavy (non-hydrogen) atoms. The van der Waals surface area contributed by atoms with E-state index in [1.54, 1.807) is 0 Å². The first kappa shape index (κ1) is 9.94. The van der Waals surface area contributed by atoms with Gasteiger partial charge in [-0.25, -0.2) is 9.59 Å². The summed E-state index contributed by atoms with van der Waals surface area (Å²) >= 11 is 0. The number of carbonyl (C=O) groups excluding carboxylic acids is 1. The number of carboxylic acid groups (broad SMARTS) is 1. The van der Waals surface area contributed by atoms with Crippen molar-refractivity contribution >= 4 is 11.9 Å². The summed E-state index contributed by atoms with van der Waals surface area (Å²) in [7, 11) is 1.95. The first-order valence-corrected chi connectivity index (χ1v) is 3.98. The minimum Gasteiger partial charge on any atom is -0.473 e. The highest BCUT2D eigenvalue weighted by Crippen LogP contribution is 1.99. The van der Waals surface area contributed by atoms with E-state index in [0.29, 0.717) is 13.1 Å². The van der Waals surface area contributed by atoms with Crippen molar-refractivity contribution in [1.82, 2.24) is 9.96 Å². The molecule has 1 saturated heterocycles. The number of aliphatic carboxylic acids is 1. The van der Waals surface area contributed by atoms with E-state index in [-0.39, 0.29) is 0 Å². The van der Waals surface area contributed by atoms with Gasteiger partial charge in [-0.2, -0.15) is 0 Å². The Morgan fingerprint density at radius 3 is 2.23 bits per heavy atom. The maximum Gasteiger partial charge on any atom is 0.436 e. The SMILES string of the molecule is CN1CCN(OC(=O)C(=O)O)CC1. The van der Waals surface area contributed by atoms with Gasteiger partial charge in [-0.15, -0.1) is 5.06 Å². The molecule has 0 aromatic carbocycles. The van der Waals surface area contributed by atoms with Crippen LogP contribution in [0.15, 0.2) is 0 Å². The van der Waals surface area contributed by atoms with Crippen molar-refractivity contribution in [3.63, 3.8) is 0 Å². The van der Waals surface area contributed by atoms with Crippen molar-refractivity contribution in [2.24, 2.45) is 0 Å². The van der Waals surface area contributed by atoms with Gasteiger partial charge in [0.1, 0.15) is 0 Å². The van der Waals surface area contributed by atoms with Gasteiger partial charge in [-0.3, -0.25) is 0 Å². The zero-order valence-electron chi connectivity index (χ0n) is 7.39. The number of carbonyl (C=O) groups is 2. The molecule has 0 aromatic rings. The summed E-state index contributed by atoms with van der Waals surface area (Å²) in [5.41, 5.74) is 0. The Morgan fingerprint density at radius 1 is 1.23 bits per heavy atom. The van der Waals surface area contributed by atoms with Gasteiger partial charge >= 0.3 is 11.9 Å². The van der Waals surface area contributed by atoms with E-state index in [2.05, 4.69) is 9.74 Å². The number of hydrogen-bond donors (Lipinski definition) is 1. The van der Waals surface area contributed by atoms with E-state index >= 15 is 0 Å². The molecule has 1 fully saturated rings. The molecule has 6 nitrogen and oxygen atoms in total. The third-order valence-corrected chi connectivity index (χ3v) is 1.85. The van der Waals surface area contributed by atoms with Crippen LogP contribution in [0.3, 0.4) is 0 Å². The fourth-order valence-corrected chi connectivity index (χ4v) is 1.04. The molecule has 0 amide bonds. The van der Waals surface area contributed by atoms with Gasteiger partial charge in [0.25, 0.3) is 0 Å². The first-order valence-electron chi connectivity index (χ1n) is 3.98. The molecule has 74 valence electrons. The van der Waals surface area contributed by atoms with Crippen LogP contribution in [0.5, 0.6) is 0 Å². The third kappa shape index (κ3) is 3.00. The molecule has 1 aliphatic rings. The van der Waals surface area contributed by atoms with Crippen LogP contribution < -0.4 is 0 Å². The molecule has 1 rings (SSSR count). The highest BCUT2D eigenvalue weighted by Gasteiger charge is 2.21. The fourth-order valence-electron chi connectivity index (χ4n) is 1.04. The van der Waals surface area contributed by atoms with E-state index in [9.17, 15) is 9.59 Å². The molecule has 0 atom stereocenters. The van der Waals surface area contributed by atoms with E-state index in [1.807, 2.05) is 7.05 Å². The van der Waals surface area contributed by atoms with Crippen LogP contribution in [0.25, 0.3) is 0 Å². The summed E-state index contributed by atoms with van der Waals surface area (Å²) in [6.07, 6.45) is 0. The van der Waals surface area contributed by atoms with E-state index < -0.39 is 11.9 Å². The van der Waals surface area contributed by atoms with Crippen LogP contribution in [-0.2, 0) is 14.4 Å². The minimum absolute atomic E-state index is 0.551. The summed E-state index contributed by atoms with van der Waals surface area (Å²) in [5.74, 6) is -2.77. The Hall–Kier alpha value is -1.14. The molecule has 1 aliphatic heterocycles. The second-order valence-electron chi connectivity index (χ2n) is 2.92. The number of hydroxylamine groups is 2. The summed E-state index contributed by atoms with van der Waals surface area (Å²) in [5, 5.41) is 9.62. The van der Waals surface area contributed by atoms with Gasteiger partial charge < -0.3 is 14.8 Å². The molecule has 0 bridgehead atoms. The number of likely N-dealkylation sites (N-methyl/N-ethyl adjacent to an activating group) is 1. The lowest BCUT2D eigenvalue weighted by atomic mass is 10.4. The Morgan fingerprint density at radius 2 is 1.77 bits per heavy atom. The van der Waals surface area contributed by atoms with Gasteiger partial charge in [-0.05, 0) is 7.05 Å². The average Bonchev–Trinajstić information content (AvgIpc) is 2.08. The number of carboxylic acids is 1. The monoisotopic (exact) mass is 188 g/mol. The number of rotatable bonds is 1. The van der Waals surface area contributed by atoms with E-state index in [4.69, 9.17) is 5.11 Å². The van der Waals surface area contributed by atoms with Crippen LogP contribution in [-0.4, -0.2) is 60.2 Å². The van der Waals surface area contributed by atoms with Gasteiger partial charge in [0.05, 0.1) is 0 Å². The molecule has 0 spiro atoms. The quantitative estimate of drug-likeness (QED) is 0.520. The van der Waals surface area contributed by atoms with Crippen molar-refractivity contribution in [2.45, 2.75) is 0 Å². The van der Waals surface area contributed by atoms with Crippen LogP contribution in [0.2, 0.25) is 0 Å². The standard InChI is InChI=1S/C7H12N2O4/c1-8-2-4-9(5-3-8)13-7(12)6(10)11/h2-5H2,1H3,(H,10,11). The van der Waals surface area contributed by atoms with Crippen LogP contribution >= 0.6 is 0 Å². The van der Waals surface area contributed by atoms with Gasteiger partial charge in [-0.1, -0.05) is 0 Å². The van der Waals surface area contributed by atoms with Crippen molar-refractivity contribution in [2.75, 3.05) is 33.2 Å². The Balaban J connectivity index is 2.30. The van der Waals surface area contributed by atoms with Gasteiger partial charge in [0, 0.05) is 26.2 Å². The largest absolute Gasteiger partial charge is 0.473 e. The van der Waals surface area contributed by atoms with E-state index in [1.165, 1.54) is 5.06 Å². The highest BCUT2D eigenvalue weighted by molar-refractivity contribution is 6.28. The molecule has 1 heterocycles. The minimum atomic E-state index is -1.56.